The highest BCUT2D eigenvalue weighted by Gasteiger charge is 2.19. The maximum atomic E-state index is 12.4. The monoisotopic (exact) mass is 517 g/mol. The number of carbonyl (C=O) groups excluding carboxylic acids is 1. The van der Waals surface area contributed by atoms with Crippen LogP contribution in [0.5, 0.6) is 17.2 Å². The molecule has 1 aromatic heterocycles. The molecule has 0 aliphatic rings. The Balaban J connectivity index is 1.97. The smallest absolute Gasteiger partial charge is 0.364 e. The minimum atomic E-state index is -0.900. The highest BCUT2D eigenvalue weighted by atomic mass is 79.9. The first-order valence-corrected chi connectivity index (χ1v) is 10.9. The molecule has 10 heteroatoms. The zero-order valence-electron chi connectivity index (χ0n) is 18.9. The number of carbonyl (C=O) groups is 1. The summed E-state index contributed by atoms with van der Waals surface area (Å²) in [4.78, 5) is 38.9. The number of H-pyrrole nitrogens is 1. The molecule has 0 amide bonds. The van der Waals surface area contributed by atoms with Gasteiger partial charge in [-0.15, -0.1) is 0 Å². The van der Waals surface area contributed by atoms with Gasteiger partial charge in [-0.05, 0) is 77.2 Å². The van der Waals surface area contributed by atoms with E-state index in [1.165, 1.54) is 0 Å². The zero-order chi connectivity index (χ0) is 24.3. The van der Waals surface area contributed by atoms with Crippen LogP contribution in [-0.2, 0) is 4.74 Å². The van der Waals surface area contributed by atoms with Crippen LogP contribution in [0.2, 0.25) is 0 Å². The van der Waals surface area contributed by atoms with Crippen molar-refractivity contribution in [3.63, 3.8) is 0 Å². The largest absolute Gasteiger partial charge is 0.496 e. The molecule has 0 aliphatic carbocycles. The van der Waals surface area contributed by atoms with Gasteiger partial charge in [0, 0.05) is 0 Å². The fourth-order valence-electron chi connectivity index (χ4n) is 3.06. The van der Waals surface area contributed by atoms with Gasteiger partial charge in [-0.2, -0.15) is 9.78 Å². The van der Waals surface area contributed by atoms with Gasteiger partial charge in [0.05, 0.1) is 23.9 Å². The molecule has 0 unspecified atom stereocenters. The summed E-state index contributed by atoms with van der Waals surface area (Å²) in [6.45, 7) is 7.50. The summed E-state index contributed by atoms with van der Waals surface area (Å²) in [5, 5.41) is 3.97. The van der Waals surface area contributed by atoms with Crippen LogP contribution in [0, 0.1) is 19.8 Å². The van der Waals surface area contributed by atoms with E-state index in [0.717, 1.165) is 20.3 Å². The number of hydrogen-bond donors (Lipinski definition) is 1. The number of halogens is 1. The van der Waals surface area contributed by atoms with E-state index in [0.29, 0.717) is 22.9 Å². The van der Waals surface area contributed by atoms with Crippen LogP contribution in [0.25, 0.3) is 5.69 Å². The number of nitrogens with zero attached hydrogens (tertiary/aromatic N) is 2. The number of aromatic amines is 1. The van der Waals surface area contributed by atoms with Crippen LogP contribution >= 0.6 is 15.9 Å². The number of rotatable bonds is 7. The molecule has 2 aromatic carbocycles. The van der Waals surface area contributed by atoms with Gasteiger partial charge in [-0.3, -0.25) is 9.78 Å². The van der Waals surface area contributed by atoms with Crippen LogP contribution in [0.15, 0.2) is 44.4 Å². The van der Waals surface area contributed by atoms with E-state index in [9.17, 15) is 14.4 Å². The summed E-state index contributed by atoms with van der Waals surface area (Å²) >= 11 is 3.43. The van der Waals surface area contributed by atoms with Crippen molar-refractivity contribution in [2.75, 3.05) is 13.7 Å². The van der Waals surface area contributed by atoms with Crippen LogP contribution < -0.4 is 20.7 Å². The molecule has 33 heavy (non-hydrogen) atoms. The number of aromatic nitrogens is 3. The number of ether oxygens (including phenoxy) is 3. The second kappa shape index (κ2) is 10.0. The Kier molecular flexibility index (Phi) is 7.37. The molecule has 9 nitrogen and oxygen atoms in total. The number of nitrogens with one attached hydrogen (secondary N) is 1. The van der Waals surface area contributed by atoms with Gasteiger partial charge in [-0.1, -0.05) is 13.8 Å². The third-order valence-corrected chi connectivity index (χ3v) is 5.22. The lowest BCUT2D eigenvalue weighted by atomic mass is 10.1. The minimum Gasteiger partial charge on any atom is -0.496 e. The molecule has 1 heterocycles. The van der Waals surface area contributed by atoms with Crippen LogP contribution in [0.3, 0.4) is 0 Å². The van der Waals surface area contributed by atoms with Crippen molar-refractivity contribution in [3.8, 4) is 22.9 Å². The Bertz CT molecular complexity index is 1290. The lowest BCUT2D eigenvalue weighted by Gasteiger charge is -2.15. The predicted octanol–water partition coefficient (Wildman–Crippen LogP) is 3.91. The predicted molar refractivity (Wildman–Crippen MR) is 126 cm³/mol. The molecule has 0 bridgehead atoms. The fraction of sp³-hybridized carbons (Fsp3) is 0.304. The number of aryl methyl sites for hydroxylation is 2. The third kappa shape index (κ3) is 5.51. The van der Waals surface area contributed by atoms with Gasteiger partial charge in [-0.25, -0.2) is 9.59 Å². The van der Waals surface area contributed by atoms with Crippen molar-refractivity contribution in [1.82, 2.24) is 14.8 Å². The molecule has 3 rings (SSSR count). The van der Waals surface area contributed by atoms with Gasteiger partial charge >= 0.3 is 11.7 Å². The van der Waals surface area contributed by atoms with E-state index < -0.39 is 22.9 Å². The van der Waals surface area contributed by atoms with E-state index in [1.807, 2.05) is 27.7 Å². The number of methoxy groups -OCH3 is 1. The second-order valence-electron chi connectivity index (χ2n) is 7.82. The van der Waals surface area contributed by atoms with Gasteiger partial charge in [0.1, 0.15) is 17.2 Å². The molecule has 174 valence electrons. The highest BCUT2D eigenvalue weighted by Crippen LogP contribution is 2.34. The van der Waals surface area contributed by atoms with Gasteiger partial charge in [0.15, 0.2) is 0 Å². The van der Waals surface area contributed by atoms with Crippen molar-refractivity contribution in [3.05, 3.63) is 72.5 Å². The molecule has 3 aromatic rings. The number of esters is 1. The maximum absolute atomic E-state index is 12.4. The molecular formula is C23H24BrN3O6. The molecule has 0 saturated carbocycles. The van der Waals surface area contributed by atoms with Crippen molar-refractivity contribution in [2.24, 2.45) is 5.92 Å². The molecule has 0 radical (unpaired) electrons. The molecule has 0 fully saturated rings. The first-order valence-electron chi connectivity index (χ1n) is 10.1. The van der Waals surface area contributed by atoms with E-state index >= 15 is 0 Å². The zero-order valence-corrected chi connectivity index (χ0v) is 20.5. The van der Waals surface area contributed by atoms with Gasteiger partial charge in [0.25, 0.3) is 5.56 Å². The summed E-state index contributed by atoms with van der Waals surface area (Å²) in [5.41, 5.74) is -0.349. The summed E-state index contributed by atoms with van der Waals surface area (Å²) in [6, 6.07) is 8.70. The quantitative estimate of drug-likeness (QED) is 0.472. The van der Waals surface area contributed by atoms with Crippen LogP contribution in [0.1, 0.15) is 35.5 Å². The minimum absolute atomic E-state index is 0.0862. The van der Waals surface area contributed by atoms with E-state index in [2.05, 4.69) is 26.0 Å². The first-order chi connectivity index (χ1) is 15.6. The maximum Gasteiger partial charge on any atom is 0.364 e. The van der Waals surface area contributed by atoms with Crippen molar-refractivity contribution < 1.29 is 19.0 Å². The van der Waals surface area contributed by atoms with Crippen LogP contribution in [0.4, 0.5) is 0 Å². The van der Waals surface area contributed by atoms with E-state index in [4.69, 9.17) is 14.2 Å². The lowest BCUT2D eigenvalue weighted by molar-refractivity contribution is 0.0447. The molecular weight excluding hydrogens is 494 g/mol. The average Bonchev–Trinajstić information content (AvgIpc) is 2.74. The van der Waals surface area contributed by atoms with Crippen molar-refractivity contribution in [2.45, 2.75) is 27.7 Å². The average molecular weight is 518 g/mol. The molecule has 0 spiro atoms. The highest BCUT2D eigenvalue weighted by molar-refractivity contribution is 9.10. The summed E-state index contributed by atoms with van der Waals surface area (Å²) in [6.07, 6.45) is 0. The van der Waals surface area contributed by atoms with Crippen LogP contribution in [-0.4, -0.2) is 34.5 Å². The van der Waals surface area contributed by atoms with Gasteiger partial charge < -0.3 is 14.2 Å². The van der Waals surface area contributed by atoms with E-state index in [1.54, 1.807) is 37.4 Å². The Morgan fingerprint density at radius 2 is 1.82 bits per heavy atom. The van der Waals surface area contributed by atoms with Gasteiger partial charge in [0.2, 0.25) is 5.69 Å². The standard InChI is InChI=1S/C23H24BrN3O6/c1-12(2)11-32-22(29)19-21(28)25-23(30)27(26-19)15-8-13(3)20(14(4)9-15)33-16-6-7-18(31-5)17(24)10-16/h6-10,12H,11H2,1-5H3,(H,25,28,30). The normalized spacial score (nSPS) is 10.9. The second-order valence-corrected chi connectivity index (χ2v) is 8.67. The topological polar surface area (TPSA) is 113 Å². The molecule has 1 N–H and O–H groups in total. The molecule has 0 aliphatic heterocycles. The Labute approximate surface area is 198 Å². The SMILES string of the molecule is COc1ccc(Oc2c(C)cc(-n3nc(C(=O)OCC(C)C)c(=O)[nH]c3=O)cc2C)cc1Br. The third-order valence-electron chi connectivity index (χ3n) is 4.60. The lowest BCUT2D eigenvalue weighted by Crippen LogP contribution is -2.36. The summed E-state index contributed by atoms with van der Waals surface area (Å²) < 4.78 is 18.1. The fourth-order valence-corrected chi connectivity index (χ4v) is 3.58. The Morgan fingerprint density at radius 3 is 2.39 bits per heavy atom. The first kappa shape index (κ1) is 24.2. The molecule has 0 saturated heterocycles. The number of hydrogen-bond acceptors (Lipinski definition) is 7. The van der Waals surface area contributed by atoms with Crippen molar-refractivity contribution in [1.29, 1.82) is 0 Å². The molecule has 0 atom stereocenters. The number of benzene rings is 2. The van der Waals surface area contributed by atoms with Crippen molar-refractivity contribution >= 4 is 21.9 Å². The Morgan fingerprint density at radius 1 is 1.15 bits per heavy atom. The summed E-state index contributed by atoms with van der Waals surface area (Å²) in [5.74, 6) is 1.07. The summed E-state index contributed by atoms with van der Waals surface area (Å²) in [7, 11) is 1.58. The Hall–Kier alpha value is -3.40. The van der Waals surface area contributed by atoms with E-state index in [-0.39, 0.29) is 12.5 Å².